The maximum atomic E-state index is 10.2. The van der Waals surface area contributed by atoms with Crippen molar-refractivity contribution in [2.75, 3.05) is 0 Å². The maximum Gasteiger partial charge on any atom is 0.323 e. The van der Waals surface area contributed by atoms with E-state index in [4.69, 9.17) is 0 Å². The lowest BCUT2D eigenvalue weighted by molar-refractivity contribution is -0.674. The van der Waals surface area contributed by atoms with Crippen LogP contribution in [0, 0.1) is 11.8 Å². The van der Waals surface area contributed by atoms with E-state index in [1.54, 1.807) is 13.0 Å². The summed E-state index contributed by atoms with van der Waals surface area (Å²) in [5.74, 6) is 1.64. The molecule has 0 amide bonds. The Morgan fingerprint density at radius 2 is 1.83 bits per heavy atom. The van der Waals surface area contributed by atoms with Gasteiger partial charge in [-0.2, -0.15) is 0 Å². The van der Waals surface area contributed by atoms with E-state index in [9.17, 15) is 10.2 Å². The summed E-state index contributed by atoms with van der Waals surface area (Å²) in [6, 6.07) is 0. The molecule has 4 heteroatoms. The van der Waals surface area contributed by atoms with Crippen molar-refractivity contribution in [1.29, 1.82) is 0 Å². The number of aliphatic hydroxyl groups is 2. The second kappa shape index (κ2) is 5.76. The first-order valence-corrected chi connectivity index (χ1v) is 6.12. The first kappa shape index (κ1) is 14.4. The monoisotopic (exact) mass is 251 g/mol. The average Bonchev–Trinajstić information content (AvgIpc) is 2.57. The van der Waals surface area contributed by atoms with Crippen molar-refractivity contribution in [3.05, 3.63) is 36.1 Å². The predicted octanol–water partition coefficient (Wildman–Crippen LogP) is 2.48. The maximum absolute atomic E-state index is 10.2. The van der Waals surface area contributed by atoms with Crippen LogP contribution in [0.2, 0.25) is 0 Å². The third-order valence-corrected chi connectivity index (χ3v) is 3.17. The van der Waals surface area contributed by atoms with Crippen LogP contribution in [0.15, 0.2) is 30.3 Å². The van der Waals surface area contributed by atoms with Crippen LogP contribution < -0.4 is 4.57 Å². The van der Waals surface area contributed by atoms with E-state index in [1.165, 1.54) is 0 Å². The van der Waals surface area contributed by atoms with E-state index in [1.807, 2.05) is 55.5 Å². The Kier molecular flexibility index (Phi) is 4.59. The molecule has 2 atom stereocenters. The molecule has 1 heterocycles. The van der Waals surface area contributed by atoms with Gasteiger partial charge in [0.15, 0.2) is 0 Å². The number of hydrogen-bond acceptors (Lipinski definition) is 2. The zero-order valence-corrected chi connectivity index (χ0v) is 11.8. The molecule has 18 heavy (non-hydrogen) atoms. The average molecular weight is 251 g/mol. The molecule has 4 nitrogen and oxygen atoms in total. The molecule has 0 aliphatic rings. The van der Waals surface area contributed by atoms with E-state index < -0.39 is 0 Å². The number of aryl methyl sites for hydroxylation is 2. The lowest BCUT2D eigenvalue weighted by Gasteiger charge is -2.12. The molecule has 2 N–H and O–H groups in total. The van der Waals surface area contributed by atoms with Gasteiger partial charge < -0.3 is 10.2 Å². The zero-order chi connectivity index (χ0) is 13.9. The number of aromatic nitrogens is 2. The van der Waals surface area contributed by atoms with Gasteiger partial charge in [-0.15, -0.1) is 0 Å². The molecule has 1 aromatic rings. The minimum Gasteiger partial charge on any atom is -0.513 e. The molecule has 0 bridgehead atoms. The summed E-state index contributed by atoms with van der Waals surface area (Å²) in [6.45, 7) is 5.69. The van der Waals surface area contributed by atoms with Gasteiger partial charge >= 0.3 is 5.82 Å². The Labute approximate surface area is 109 Å². The van der Waals surface area contributed by atoms with Crippen LogP contribution in [0.4, 0.5) is 0 Å². The fourth-order valence-corrected chi connectivity index (χ4v) is 1.96. The highest BCUT2D eigenvalue weighted by Crippen LogP contribution is 2.19. The highest BCUT2D eigenvalue weighted by molar-refractivity contribution is 5.49. The van der Waals surface area contributed by atoms with Gasteiger partial charge in [-0.3, -0.25) is 0 Å². The van der Waals surface area contributed by atoms with Crippen molar-refractivity contribution >= 4 is 5.76 Å². The fraction of sp³-hybridized carbons (Fsp3) is 0.500. The van der Waals surface area contributed by atoms with E-state index >= 15 is 0 Å². The van der Waals surface area contributed by atoms with Gasteiger partial charge in [0.05, 0.1) is 19.9 Å². The van der Waals surface area contributed by atoms with Crippen LogP contribution in [-0.4, -0.2) is 14.8 Å². The Morgan fingerprint density at radius 1 is 1.28 bits per heavy atom. The normalized spacial score (nSPS) is 16.7. The smallest absolute Gasteiger partial charge is 0.323 e. The molecule has 0 aliphatic heterocycles. The molecule has 1 rings (SSSR count). The van der Waals surface area contributed by atoms with Gasteiger partial charge in [0.1, 0.15) is 12.4 Å². The number of hydrogen-bond donors (Lipinski definition) is 2. The van der Waals surface area contributed by atoms with E-state index in [0.717, 1.165) is 5.82 Å². The molecule has 0 saturated carbocycles. The molecule has 0 aromatic carbocycles. The lowest BCUT2D eigenvalue weighted by atomic mass is 9.94. The van der Waals surface area contributed by atoms with Crippen LogP contribution in [-0.2, 0) is 14.1 Å². The van der Waals surface area contributed by atoms with Crippen LogP contribution in [0.5, 0.6) is 0 Å². The van der Waals surface area contributed by atoms with Crippen LogP contribution >= 0.6 is 0 Å². The van der Waals surface area contributed by atoms with E-state index in [2.05, 4.69) is 0 Å². The Morgan fingerprint density at radius 3 is 2.28 bits per heavy atom. The Hall–Kier alpha value is -1.71. The van der Waals surface area contributed by atoms with Crippen molar-refractivity contribution < 1.29 is 14.8 Å². The Bertz CT molecular complexity index is 449. The third kappa shape index (κ3) is 3.39. The van der Waals surface area contributed by atoms with Crippen molar-refractivity contribution in [3.63, 3.8) is 0 Å². The molecule has 0 aliphatic carbocycles. The van der Waals surface area contributed by atoms with Crippen LogP contribution in [0.1, 0.15) is 26.6 Å². The van der Waals surface area contributed by atoms with Crippen molar-refractivity contribution in [3.8, 4) is 0 Å². The number of allylic oxidation sites excluding steroid dienone is 3. The second-order valence-corrected chi connectivity index (χ2v) is 4.92. The van der Waals surface area contributed by atoms with Gasteiger partial charge in [0, 0.05) is 0 Å². The summed E-state index contributed by atoms with van der Waals surface area (Å²) in [6.07, 6.45) is 7.40. The van der Waals surface area contributed by atoms with Crippen molar-refractivity contribution in [2.24, 2.45) is 25.9 Å². The minimum absolute atomic E-state index is 0.141. The van der Waals surface area contributed by atoms with Gasteiger partial charge in [0.2, 0.25) is 5.76 Å². The second-order valence-electron chi connectivity index (χ2n) is 4.92. The van der Waals surface area contributed by atoms with Gasteiger partial charge in [-0.05, 0) is 30.9 Å². The topological polar surface area (TPSA) is 49.3 Å². The highest BCUT2D eigenvalue weighted by atomic mass is 16.3. The highest BCUT2D eigenvalue weighted by Gasteiger charge is 2.18. The quantitative estimate of drug-likeness (QED) is 0.638. The molecule has 0 radical (unpaired) electrons. The number of rotatable bonds is 4. The minimum atomic E-state index is 0.141. The van der Waals surface area contributed by atoms with Gasteiger partial charge in [-0.25, -0.2) is 9.13 Å². The van der Waals surface area contributed by atoms with Crippen molar-refractivity contribution in [2.45, 2.75) is 20.8 Å². The number of imidazole rings is 1. The lowest BCUT2D eigenvalue weighted by Crippen LogP contribution is -2.31. The fourth-order valence-electron chi connectivity index (χ4n) is 1.96. The predicted molar refractivity (Wildman–Crippen MR) is 71.9 cm³/mol. The molecule has 0 spiro atoms. The molecule has 100 valence electrons. The molecule has 1 aromatic heterocycles. The molecule has 0 unspecified atom stereocenters. The zero-order valence-electron chi connectivity index (χ0n) is 11.8. The first-order chi connectivity index (χ1) is 8.32. The largest absolute Gasteiger partial charge is 0.513 e. The summed E-state index contributed by atoms with van der Waals surface area (Å²) in [5, 5.41) is 19.4. The van der Waals surface area contributed by atoms with E-state index in [-0.39, 0.29) is 17.6 Å². The van der Waals surface area contributed by atoms with Crippen LogP contribution in [0.25, 0.3) is 5.76 Å². The molecule has 0 fully saturated rings. The summed E-state index contributed by atoms with van der Waals surface area (Å²) in [4.78, 5) is 0. The molecule has 0 saturated heterocycles. The van der Waals surface area contributed by atoms with Crippen molar-refractivity contribution in [1.82, 2.24) is 4.57 Å². The van der Waals surface area contributed by atoms with Gasteiger partial charge in [0.25, 0.3) is 0 Å². The number of nitrogens with zero attached hydrogens (tertiary/aromatic N) is 2. The molecular formula is C14H23N2O2+. The summed E-state index contributed by atoms with van der Waals surface area (Å²) < 4.78 is 3.74. The van der Waals surface area contributed by atoms with Crippen LogP contribution in [0.3, 0.4) is 0 Å². The number of aliphatic hydroxyl groups excluding tert-OH is 2. The first-order valence-electron chi connectivity index (χ1n) is 6.12. The van der Waals surface area contributed by atoms with Gasteiger partial charge in [-0.1, -0.05) is 13.8 Å². The summed E-state index contributed by atoms with van der Waals surface area (Å²) in [7, 11) is 3.79. The SMILES string of the molecule is C/C(O)=C/[C@H](C)[C@H](C)/C=C(\O)c1n(C)cc[n+]1C. The van der Waals surface area contributed by atoms with E-state index in [0.29, 0.717) is 5.76 Å². The third-order valence-electron chi connectivity index (χ3n) is 3.17. The summed E-state index contributed by atoms with van der Waals surface area (Å²) >= 11 is 0. The summed E-state index contributed by atoms with van der Waals surface area (Å²) in [5.41, 5.74) is 0. The standard InChI is InChI=1S/C14H22N2O2/c1-10(8-12(3)17)11(2)9-13(18)14-15(4)6-7-16(14)5/h6-11H,1-5H3,(H-,17,18)/p+1/b12-8-,13-9-/t10-,11+/m0/s1. The Balaban J connectivity index is 2.93. The molecular weight excluding hydrogens is 228 g/mol.